The summed E-state index contributed by atoms with van der Waals surface area (Å²) < 4.78 is 0. The predicted molar refractivity (Wildman–Crippen MR) is 60.8 cm³/mol. The fourth-order valence-electron chi connectivity index (χ4n) is 1.88. The van der Waals surface area contributed by atoms with Crippen LogP contribution in [0.3, 0.4) is 0 Å². The van der Waals surface area contributed by atoms with Crippen molar-refractivity contribution in [2.24, 2.45) is 17.6 Å². The van der Waals surface area contributed by atoms with E-state index in [0.717, 1.165) is 18.4 Å². The van der Waals surface area contributed by atoms with E-state index in [-0.39, 0.29) is 0 Å². The molecule has 0 spiro atoms. The van der Waals surface area contributed by atoms with Crippen LogP contribution in [0.25, 0.3) is 0 Å². The zero-order valence-electron chi connectivity index (χ0n) is 9.68. The first kappa shape index (κ1) is 13.0. The quantitative estimate of drug-likeness (QED) is 0.614. The minimum atomic E-state index is 0.832. The smallest absolute Gasteiger partial charge is 0.00747 e. The van der Waals surface area contributed by atoms with Crippen LogP contribution in [0.1, 0.15) is 59.3 Å². The van der Waals surface area contributed by atoms with E-state index < -0.39 is 0 Å². The third-order valence-corrected chi connectivity index (χ3v) is 2.83. The minimum absolute atomic E-state index is 0.832. The molecule has 0 aliphatic carbocycles. The summed E-state index contributed by atoms with van der Waals surface area (Å²) in [4.78, 5) is 0. The average Bonchev–Trinajstić information content (AvgIpc) is 2.05. The van der Waals surface area contributed by atoms with Gasteiger partial charge in [0.1, 0.15) is 0 Å². The van der Waals surface area contributed by atoms with Gasteiger partial charge in [0, 0.05) is 0 Å². The van der Waals surface area contributed by atoms with Crippen molar-refractivity contribution in [3.8, 4) is 0 Å². The van der Waals surface area contributed by atoms with Gasteiger partial charge in [-0.1, -0.05) is 52.9 Å². The van der Waals surface area contributed by atoms with Gasteiger partial charge in [0.25, 0.3) is 0 Å². The van der Waals surface area contributed by atoms with Gasteiger partial charge in [-0.3, -0.25) is 0 Å². The van der Waals surface area contributed by atoms with Gasteiger partial charge in [0.2, 0.25) is 0 Å². The molecule has 0 aliphatic heterocycles. The molecule has 0 saturated carbocycles. The van der Waals surface area contributed by atoms with Gasteiger partial charge < -0.3 is 5.73 Å². The second kappa shape index (κ2) is 8.55. The zero-order chi connectivity index (χ0) is 10.1. The van der Waals surface area contributed by atoms with Crippen molar-refractivity contribution < 1.29 is 0 Å². The molecule has 2 atom stereocenters. The molecule has 0 bridgehead atoms. The van der Waals surface area contributed by atoms with Crippen molar-refractivity contribution in [1.82, 2.24) is 0 Å². The normalized spacial score (nSPS) is 15.7. The zero-order valence-corrected chi connectivity index (χ0v) is 9.68. The van der Waals surface area contributed by atoms with E-state index in [0.29, 0.717) is 0 Å². The molecular weight excluding hydrogens is 158 g/mol. The molecule has 0 rings (SSSR count). The molecule has 2 N–H and O–H groups in total. The third kappa shape index (κ3) is 8.29. The van der Waals surface area contributed by atoms with Crippen molar-refractivity contribution in [3.05, 3.63) is 0 Å². The van der Waals surface area contributed by atoms with Crippen LogP contribution in [0.2, 0.25) is 0 Å². The monoisotopic (exact) mass is 185 g/mol. The Morgan fingerprint density at radius 1 is 0.923 bits per heavy atom. The maximum atomic E-state index is 5.51. The summed E-state index contributed by atoms with van der Waals surface area (Å²) in [6.07, 6.45) is 8.09. The van der Waals surface area contributed by atoms with E-state index in [2.05, 4.69) is 20.8 Å². The van der Waals surface area contributed by atoms with Gasteiger partial charge in [-0.15, -0.1) is 0 Å². The standard InChI is InChI=1S/C12H27N/c1-4-6-11(2)7-5-8-12(3)9-10-13/h11-12H,4-10,13H2,1-3H3. The topological polar surface area (TPSA) is 26.0 Å². The number of hydrogen-bond acceptors (Lipinski definition) is 1. The Balaban J connectivity index is 3.23. The highest BCUT2D eigenvalue weighted by Crippen LogP contribution is 2.17. The molecule has 13 heavy (non-hydrogen) atoms. The van der Waals surface area contributed by atoms with Crippen molar-refractivity contribution >= 4 is 0 Å². The van der Waals surface area contributed by atoms with Gasteiger partial charge in [-0.2, -0.15) is 0 Å². The Morgan fingerprint density at radius 2 is 1.46 bits per heavy atom. The first-order valence-electron chi connectivity index (χ1n) is 5.90. The predicted octanol–water partition coefficient (Wildman–Crippen LogP) is 3.58. The van der Waals surface area contributed by atoms with Crippen LogP contribution in [0.15, 0.2) is 0 Å². The maximum Gasteiger partial charge on any atom is -0.00747 e. The molecule has 0 aromatic heterocycles. The van der Waals surface area contributed by atoms with Crippen LogP contribution in [0.4, 0.5) is 0 Å². The van der Waals surface area contributed by atoms with E-state index in [4.69, 9.17) is 5.73 Å². The van der Waals surface area contributed by atoms with E-state index >= 15 is 0 Å². The summed E-state index contributed by atoms with van der Waals surface area (Å²) in [6.45, 7) is 7.81. The van der Waals surface area contributed by atoms with Crippen molar-refractivity contribution in [1.29, 1.82) is 0 Å². The molecule has 0 amide bonds. The summed E-state index contributed by atoms with van der Waals surface area (Å²) >= 11 is 0. The fraction of sp³-hybridized carbons (Fsp3) is 1.00. The van der Waals surface area contributed by atoms with Crippen LogP contribution in [0, 0.1) is 11.8 Å². The third-order valence-electron chi connectivity index (χ3n) is 2.83. The van der Waals surface area contributed by atoms with Gasteiger partial charge in [-0.05, 0) is 24.8 Å². The molecular formula is C12H27N. The van der Waals surface area contributed by atoms with Crippen LogP contribution in [-0.4, -0.2) is 6.54 Å². The molecule has 80 valence electrons. The molecule has 0 aromatic rings. The van der Waals surface area contributed by atoms with Crippen LogP contribution in [0.5, 0.6) is 0 Å². The summed E-state index contributed by atoms with van der Waals surface area (Å²) in [7, 11) is 0. The molecule has 0 fully saturated rings. The summed E-state index contributed by atoms with van der Waals surface area (Å²) in [5.41, 5.74) is 5.51. The highest BCUT2D eigenvalue weighted by Gasteiger charge is 2.03. The highest BCUT2D eigenvalue weighted by molar-refractivity contribution is 4.57. The van der Waals surface area contributed by atoms with Crippen LogP contribution >= 0.6 is 0 Å². The second-order valence-electron chi connectivity index (χ2n) is 4.51. The van der Waals surface area contributed by atoms with Gasteiger partial charge in [0.15, 0.2) is 0 Å². The number of rotatable bonds is 8. The lowest BCUT2D eigenvalue weighted by Crippen LogP contribution is -2.06. The van der Waals surface area contributed by atoms with E-state index in [1.54, 1.807) is 0 Å². The Morgan fingerprint density at radius 3 is 1.92 bits per heavy atom. The largest absolute Gasteiger partial charge is 0.330 e. The molecule has 1 heteroatoms. The molecule has 0 saturated heterocycles. The number of nitrogens with two attached hydrogens (primary N) is 1. The number of hydrogen-bond donors (Lipinski definition) is 1. The summed E-state index contributed by atoms with van der Waals surface area (Å²) in [5, 5.41) is 0. The van der Waals surface area contributed by atoms with Crippen molar-refractivity contribution in [2.45, 2.75) is 59.3 Å². The van der Waals surface area contributed by atoms with Gasteiger partial charge in [-0.25, -0.2) is 0 Å². The molecule has 0 aromatic carbocycles. The van der Waals surface area contributed by atoms with Crippen molar-refractivity contribution in [3.63, 3.8) is 0 Å². The van der Waals surface area contributed by atoms with Crippen LogP contribution < -0.4 is 5.73 Å². The Labute approximate surface area is 84.1 Å². The highest BCUT2D eigenvalue weighted by atomic mass is 14.5. The van der Waals surface area contributed by atoms with E-state index in [9.17, 15) is 0 Å². The first-order chi connectivity index (χ1) is 6.20. The maximum absolute atomic E-state index is 5.51. The average molecular weight is 185 g/mol. The van der Waals surface area contributed by atoms with Crippen molar-refractivity contribution in [2.75, 3.05) is 6.54 Å². The molecule has 0 aliphatic rings. The van der Waals surface area contributed by atoms with Gasteiger partial charge in [0.05, 0.1) is 0 Å². The molecule has 0 heterocycles. The summed E-state index contributed by atoms with van der Waals surface area (Å²) in [6, 6.07) is 0. The lowest BCUT2D eigenvalue weighted by molar-refractivity contribution is 0.412. The fourth-order valence-corrected chi connectivity index (χ4v) is 1.88. The lowest BCUT2D eigenvalue weighted by Gasteiger charge is -2.12. The van der Waals surface area contributed by atoms with E-state index in [1.165, 1.54) is 38.5 Å². The Hall–Kier alpha value is -0.0400. The Kier molecular flexibility index (Phi) is 8.53. The minimum Gasteiger partial charge on any atom is -0.330 e. The molecule has 0 radical (unpaired) electrons. The van der Waals surface area contributed by atoms with Gasteiger partial charge >= 0.3 is 0 Å². The van der Waals surface area contributed by atoms with Crippen LogP contribution in [-0.2, 0) is 0 Å². The molecule has 2 unspecified atom stereocenters. The Bertz CT molecular complexity index is 89.3. The lowest BCUT2D eigenvalue weighted by atomic mass is 9.94. The first-order valence-corrected chi connectivity index (χ1v) is 5.90. The second-order valence-corrected chi connectivity index (χ2v) is 4.51. The molecule has 1 nitrogen and oxygen atoms in total. The SMILES string of the molecule is CCCC(C)CCCC(C)CCN. The van der Waals surface area contributed by atoms with E-state index in [1.807, 2.05) is 0 Å². The summed E-state index contributed by atoms with van der Waals surface area (Å²) in [5.74, 6) is 1.76.